The first-order chi connectivity index (χ1) is 9.22. The second-order valence-electron chi connectivity index (χ2n) is 4.64. The fraction of sp³-hybridized carbons (Fsp3) is 0.385. The Morgan fingerprint density at radius 1 is 1.35 bits per heavy atom. The molecular formula is C13H15F2NO4. The lowest BCUT2D eigenvalue weighted by atomic mass is 10.0. The lowest BCUT2D eigenvalue weighted by molar-refractivity contribution is -0.145. The van der Waals surface area contributed by atoms with Crippen molar-refractivity contribution < 1.29 is 28.2 Å². The molecule has 0 aliphatic heterocycles. The fourth-order valence-electron chi connectivity index (χ4n) is 1.48. The highest BCUT2D eigenvalue weighted by molar-refractivity contribution is 5.87. The maximum atomic E-state index is 12.2. The maximum Gasteiger partial charge on any atom is 0.387 e. The van der Waals surface area contributed by atoms with Gasteiger partial charge in [-0.1, -0.05) is 18.2 Å². The zero-order chi connectivity index (χ0) is 15.3. The van der Waals surface area contributed by atoms with Crippen LogP contribution in [0.2, 0.25) is 0 Å². The predicted molar refractivity (Wildman–Crippen MR) is 66.6 cm³/mol. The summed E-state index contributed by atoms with van der Waals surface area (Å²) in [6.45, 7) is -0.335. The van der Waals surface area contributed by atoms with Crippen molar-refractivity contribution in [3.63, 3.8) is 0 Å². The molecule has 0 heterocycles. The molecule has 1 rings (SSSR count). The third-order valence-corrected chi connectivity index (χ3v) is 2.53. The van der Waals surface area contributed by atoms with Crippen molar-refractivity contribution >= 4 is 11.9 Å². The summed E-state index contributed by atoms with van der Waals surface area (Å²) in [4.78, 5) is 22.6. The molecule has 0 saturated heterocycles. The smallest absolute Gasteiger partial charge is 0.387 e. The van der Waals surface area contributed by atoms with Crippen LogP contribution in [0.15, 0.2) is 24.3 Å². The predicted octanol–water partition coefficient (Wildman–Crippen LogP) is 1.81. The molecule has 0 radical (unpaired) electrons. The molecule has 7 heteroatoms. The summed E-state index contributed by atoms with van der Waals surface area (Å²) in [5, 5.41) is 11.2. The van der Waals surface area contributed by atoms with Crippen LogP contribution in [0.5, 0.6) is 5.75 Å². The van der Waals surface area contributed by atoms with Gasteiger partial charge in [-0.05, 0) is 19.9 Å². The van der Waals surface area contributed by atoms with Crippen molar-refractivity contribution in [2.45, 2.75) is 32.4 Å². The van der Waals surface area contributed by atoms with E-state index in [4.69, 9.17) is 5.11 Å². The average Bonchev–Trinajstić information content (AvgIpc) is 2.30. The van der Waals surface area contributed by atoms with Crippen LogP contribution < -0.4 is 10.1 Å². The summed E-state index contributed by atoms with van der Waals surface area (Å²) in [6.07, 6.45) is -0.250. The quantitative estimate of drug-likeness (QED) is 0.836. The minimum absolute atomic E-state index is 0.106. The summed E-state index contributed by atoms with van der Waals surface area (Å²) >= 11 is 0. The Labute approximate surface area is 114 Å². The molecule has 1 amide bonds. The molecule has 20 heavy (non-hydrogen) atoms. The summed E-state index contributed by atoms with van der Waals surface area (Å²) < 4.78 is 28.7. The van der Waals surface area contributed by atoms with Crippen LogP contribution in [0.25, 0.3) is 0 Å². The lowest BCUT2D eigenvalue weighted by Crippen LogP contribution is -2.50. The van der Waals surface area contributed by atoms with E-state index in [9.17, 15) is 18.4 Å². The first-order valence-electron chi connectivity index (χ1n) is 5.79. The van der Waals surface area contributed by atoms with Crippen molar-refractivity contribution in [3.05, 3.63) is 29.8 Å². The maximum absolute atomic E-state index is 12.2. The van der Waals surface area contributed by atoms with E-state index in [2.05, 4.69) is 10.1 Å². The van der Waals surface area contributed by atoms with Gasteiger partial charge in [0.15, 0.2) is 0 Å². The number of ether oxygens (including phenoxy) is 1. The highest BCUT2D eigenvalue weighted by atomic mass is 19.3. The monoisotopic (exact) mass is 287 g/mol. The average molecular weight is 287 g/mol. The molecule has 110 valence electrons. The number of aliphatic carboxylic acids is 1. The van der Waals surface area contributed by atoms with Gasteiger partial charge in [-0.2, -0.15) is 8.78 Å². The molecule has 0 spiro atoms. The van der Waals surface area contributed by atoms with Gasteiger partial charge in [0.25, 0.3) is 0 Å². The van der Waals surface area contributed by atoms with Crippen LogP contribution in [0.4, 0.5) is 8.78 Å². The molecule has 0 unspecified atom stereocenters. The number of carboxylic acids is 1. The van der Waals surface area contributed by atoms with E-state index in [-0.39, 0.29) is 17.7 Å². The fourth-order valence-corrected chi connectivity index (χ4v) is 1.48. The third kappa shape index (κ3) is 4.49. The van der Waals surface area contributed by atoms with Crippen LogP contribution in [0.3, 0.4) is 0 Å². The summed E-state index contributed by atoms with van der Waals surface area (Å²) in [7, 11) is 0. The molecular weight excluding hydrogens is 272 g/mol. The van der Waals surface area contributed by atoms with E-state index in [1.807, 2.05) is 0 Å². The Hall–Kier alpha value is -2.18. The number of hydrogen-bond donors (Lipinski definition) is 2. The first-order valence-corrected chi connectivity index (χ1v) is 5.79. The zero-order valence-corrected chi connectivity index (χ0v) is 11.0. The van der Waals surface area contributed by atoms with E-state index >= 15 is 0 Å². The Morgan fingerprint density at radius 3 is 2.50 bits per heavy atom. The molecule has 0 aliphatic carbocycles. The second-order valence-corrected chi connectivity index (χ2v) is 4.64. The Balaban J connectivity index is 2.78. The Morgan fingerprint density at radius 2 is 1.95 bits per heavy atom. The highest BCUT2D eigenvalue weighted by Crippen LogP contribution is 2.21. The van der Waals surface area contributed by atoms with E-state index in [1.165, 1.54) is 32.0 Å². The number of carbonyl (C=O) groups is 2. The molecule has 0 atom stereocenters. The van der Waals surface area contributed by atoms with Crippen molar-refractivity contribution in [1.29, 1.82) is 0 Å². The topological polar surface area (TPSA) is 75.6 Å². The van der Waals surface area contributed by atoms with Gasteiger partial charge in [0.05, 0.1) is 6.42 Å². The number of para-hydroxylation sites is 1. The lowest BCUT2D eigenvalue weighted by Gasteiger charge is -2.21. The summed E-state index contributed by atoms with van der Waals surface area (Å²) in [5.41, 5.74) is -1.18. The van der Waals surface area contributed by atoms with E-state index in [1.54, 1.807) is 6.07 Å². The number of benzene rings is 1. The SMILES string of the molecule is CC(C)(NC(=O)Cc1ccccc1OC(F)F)C(=O)O. The van der Waals surface area contributed by atoms with Gasteiger partial charge < -0.3 is 15.2 Å². The van der Waals surface area contributed by atoms with E-state index in [0.29, 0.717) is 0 Å². The number of hydrogen-bond acceptors (Lipinski definition) is 3. The van der Waals surface area contributed by atoms with Gasteiger partial charge in [0.1, 0.15) is 11.3 Å². The van der Waals surface area contributed by atoms with E-state index in [0.717, 1.165) is 0 Å². The number of alkyl halides is 2. The largest absolute Gasteiger partial charge is 0.480 e. The van der Waals surface area contributed by atoms with Gasteiger partial charge in [-0.25, -0.2) is 4.79 Å². The van der Waals surface area contributed by atoms with Crippen molar-refractivity contribution in [3.8, 4) is 5.75 Å². The standard InChI is InChI=1S/C13H15F2NO4/c1-13(2,11(18)19)16-10(17)7-8-5-3-4-6-9(8)20-12(14)15/h3-6,12H,7H2,1-2H3,(H,16,17)(H,18,19). The van der Waals surface area contributed by atoms with Crippen LogP contribution in [-0.2, 0) is 16.0 Å². The number of halogens is 2. The summed E-state index contributed by atoms with van der Waals surface area (Å²) in [6, 6.07) is 5.85. The Bertz CT molecular complexity index is 503. The molecule has 0 bridgehead atoms. The molecule has 0 aromatic heterocycles. The van der Waals surface area contributed by atoms with Crippen LogP contribution >= 0.6 is 0 Å². The van der Waals surface area contributed by atoms with Gasteiger partial charge in [0, 0.05) is 5.56 Å². The second kappa shape index (κ2) is 6.31. The van der Waals surface area contributed by atoms with E-state index < -0.39 is 24.0 Å². The minimum Gasteiger partial charge on any atom is -0.480 e. The third-order valence-electron chi connectivity index (χ3n) is 2.53. The van der Waals surface area contributed by atoms with Crippen molar-refractivity contribution in [1.82, 2.24) is 5.32 Å². The summed E-state index contributed by atoms with van der Waals surface area (Å²) in [5.74, 6) is -1.89. The molecule has 2 N–H and O–H groups in total. The van der Waals surface area contributed by atoms with Crippen LogP contribution in [0, 0.1) is 0 Å². The van der Waals surface area contributed by atoms with Crippen molar-refractivity contribution in [2.24, 2.45) is 0 Å². The van der Waals surface area contributed by atoms with Gasteiger partial charge in [0.2, 0.25) is 5.91 Å². The molecule has 1 aromatic carbocycles. The molecule has 0 aliphatic rings. The number of amides is 1. The number of rotatable bonds is 6. The molecule has 1 aromatic rings. The molecule has 0 saturated carbocycles. The van der Waals surface area contributed by atoms with Gasteiger partial charge in [-0.15, -0.1) is 0 Å². The van der Waals surface area contributed by atoms with Gasteiger partial charge in [-0.3, -0.25) is 4.79 Å². The first kappa shape index (κ1) is 15.9. The zero-order valence-electron chi connectivity index (χ0n) is 11.0. The number of carbonyl (C=O) groups excluding carboxylic acids is 1. The number of carboxylic acid groups (broad SMARTS) is 1. The minimum atomic E-state index is -2.99. The molecule has 5 nitrogen and oxygen atoms in total. The molecule has 0 fully saturated rings. The van der Waals surface area contributed by atoms with Gasteiger partial charge >= 0.3 is 12.6 Å². The number of nitrogens with one attached hydrogen (secondary N) is 1. The Kier molecular flexibility index (Phi) is 5.01. The van der Waals surface area contributed by atoms with Crippen LogP contribution in [0.1, 0.15) is 19.4 Å². The normalized spacial score (nSPS) is 11.2. The van der Waals surface area contributed by atoms with Crippen molar-refractivity contribution in [2.75, 3.05) is 0 Å². The van der Waals surface area contributed by atoms with Crippen LogP contribution in [-0.4, -0.2) is 29.1 Å². The highest BCUT2D eigenvalue weighted by Gasteiger charge is 2.29.